The van der Waals surface area contributed by atoms with E-state index in [-0.39, 0.29) is 0 Å². The molecular weight excluding hydrogens is 216 g/mol. The Morgan fingerprint density at radius 1 is 1.42 bits per heavy atom. The summed E-state index contributed by atoms with van der Waals surface area (Å²) in [6, 6.07) is 5.94. The van der Waals surface area contributed by atoms with Gasteiger partial charge in [0.05, 0.1) is 0 Å². The second-order valence-electron chi connectivity index (χ2n) is 3.18. The van der Waals surface area contributed by atoms with Gasteiger partial charge in [-0.3, -0.25) is 0 Å². The van der Waals surface area contributed by atoms with Crippen LogP contribution in [0.2, 0.25) is 0 Å². The minimum absolute atomic E-state index is 0.722. The fourth-order valence-corrected chi connectivity index (χ4v) is 1.92. The summed E-state index contributed by atoms with van der Waals surface area (Å²) < 4.78 is 1.16. The molecule has 1 aromatic carbocycles. The van der Waals surface area contributed by atoms with Crippen molar-refractivity contribution in [3.8, 4) is 0 Å². The highest BCUT2D eigenvalue weighted by molar-refractivity contribution is 9.10. The molecule has 1 fully saturated rings. The van der Waals surface area contributed by atoms with Crippen LogP contribution in [0.15, 0.2) is 22.7 Å². The molecule has 0 heterocycles. The van der Waals surface area contributed by atoms with Crippen LogP contribution in [0.1, 0.15) is 29.9 Å². The summed E-state index contributed by atoms with van der Waals surface area (Å²) in [4.78, 5) is 0. The number of hydrogen-bond acceptors (Lipinski definition) is 1. The lowest BCUT2D eigenvalue weighted by molar-refractivity contribution is 0.415. The van der Waals surface area contributed by atoms with Crippen LogP contribution in [0.25, 0.3) is 0 Å². The summed E-state index contributed by atoms with van der Waals surface area (Å²) in [6.07, 6.45) is 2.57. The van der Waals surface area contributed by atoms with Crippen molar-refractivity contribution in [2.75, 3.05) is 0 Å². The maximum absolute atomic E-state index is 8.81. The highest BCUT2D eigenvalue weighted by Crippen LogP contribution is 2.43. The molecule has 0 bridgehead atoms. The molecule has 0 aromatic heterocycles. The normalized spacial score (nSPS) is 16.5. The zero-order valence-electron chi connectivity index (χ0n) is 6.63. The van der Waals surface area contributed by atoms with Gasteiger partial charge in [-0.25, -0.2) is 0 Å². The third-order valence-electron chi connectivity index (χ3n) is 2.19. The summed E-state index contributed by atoms with van der Waals surface area (Å²) >= 11 is 3.50. The third kappa shape index (κ3) is 1.54. The molecule has 0 unspecified atom stereocenters. The summed E-state index contributed by atoms with van der Waals surface area (Å²) in [5, 5.41) is 8.81. The zero-order valence-corrected chi connectivity index (χ0v) is 8.21. The first-order valence-corrected chi connectivity index (χ1v) is 4.87. The van der Waals surface area contributed by atoms with E-state index in [1.807, 2.05) is 18.2 Å². The molecule has 1 radical (unpaired) electrons. The maximum Gasteiger partial charge on any atom is 0.109 e. The van der Waals surface area contributed by atoms with Gasteiger partial charge in [-0.1, -0.05) is 28.1 Å². The largest absolute Gasteiger partial charge is 0.385 e. The molecule has 1 aromatic rings. The van der Waals surface area contributed by atoms with Crippen molar-refractivity contribution in [2.45, 2.75) is 18.8 Å². The monoisotopic (exact) mass is 225 g/mol. The Bertz CT molecular complexity index is 292. The van der Waals surface area contributed by atoms with Crippen LogP contribution in [0.5, 0.6) is 0 Å². The number of halogens is 1. The zero-order chi connectivity index (χ0) is 8.55. The topological polar surface area (TPSA) is 20.2 Å². The number of aliphatic hydroxyl groups is 1. The second kappa shape index (κ2) is 3.19. The minimum Gasteiger partial charge on any atom is -0.385 e. The van der Waals surface area contributed by atoms with E-state index < -0.39 is 0 Å². The predicted molar refractivity (Wildman–Crippen MR) is 51.5 cm³/mol. The van der Waals surface area contributed by atoms with E-state index in [1.54, 1.807) is 0 Å². The Kier molecular flexibility index (Phi) is 2.20. The lowest BCUT2D eigenvalue weighted by Crippen LogP contribution is -1.86. The Balaban J connectivity index is 2.36. The predicted octanol–water partition coefficient (Wildman–Crippen LogP) is 3.21. The van der Waals surface area contributed by atoms with Crippen molar-refractivity contribution in [3.63, 3.8) is 0 Å². The van der Waals surface area contributed by atoms with Crippen molar-refractivity contribution in [1.29, 1.82) is 0 Å². The summed E-state index contributed by atoms with van der Waals surface area (Å²) in [5.74, 6) is 0.722. The summed E-state index contributed by atoms with van der Waals surface area (Å²) in [6.45, 7) is 1.15. The first-order valence-electron chi connectivity index (χ1n) is 4.08. The average molecular weight is 226 g/mol. The summed E-state index contributed by atoms with van der Waals surface area (Å²) in [7, 11) is 0. The Morgan fingerprint density at radius 3 is 2.75 bits per heavy atom. The van der Waals surface area contributed by atoms with E-state index in [1.165, 1.54) is 18.4 Å². The van der Waals surface area contributed by atoms with Gasteiger partial charge in [0.2, 0.25) is 0 Å². The van der Waals surface area contributed by atoms with Crippen molar-refractivity contribution in [1.82, 2.24) is 0 Å². The van der Waals surface area contributed by atoms with Crippen LogP contribution in [0.4, 0.5) is 0 Å². The van der Waals surface area contributed by atoms with Crippen LogP contribution in [-0.2, 0) is 0 Å². The molecule has 1 aliphatic rings. The Morgan fingerprint density at radius 2 is 2.17 bits per heavy atom. The minimum atomic E-state index is 0.722. The van der Waals surface area contributed by atoms with Gasteiger partial charge in [0.1, 0.15) is 6.61 Å². The molecule has 1 nitrogen and oxygen atoms in total. The third-order valence-corrected chi connectivity index (χ3v) is 2.91. The molecule has 0 saturated heterocycles. The molecule has 1 saturated carbocycles. The van der Waals surface area contributed by atoms with Gasteiger partial charge >= 0.3 is 0 Å². The first kappa shape index (κ1) is 8.27. The van der Waals surface area contributed by atoms with Crippen molar-refractivity contribution in [3.05, 3.63) is 40.4 Å². The highest BCUT2D eigenvalue weighted by atomic mass is 79.9. The smallest absolute Gasteiger partial charge is 0.109 e. The second-order valence-corrected chi connectivity index (χ2v) is 4.04. The SMILES string of the molecule is O[CH]c1ccc(Br)c(C2CC2)c1. The fraction of sp³-hybridized carbons (Fsp3) is 0.300. The van der Waals surface area contributed by atoms with Gasteiger partial charge in [-0.15, -0.1) is 0 Å². The van der Waals surface area contributed by atoms with E-state index in [2.05, 4.69) is 15.9 Å². The first-order chi connectivity index (χ1) is 5.81. The van der Waals surface area contributed by atoms with E-state index in [0.29, 0.717) is 0 Å². The van der Waals surface area contributed by atoms with Crippen molar-refractivity contribution < 1.29 is 5.11 Å². The van der Waals surface area contributed by atoms with Gasteiger partial charge in [-0.2, -0.15) is 0 Å². The van der Waals surface area contributed by atoms with Gasteiger partial charge in [0.25, 0.3) is 0 Å². The quantitative estimate of drug-likeness (QED) is 0.820. The Hall–Kier alpha value is -0.340. The maximum atomic E-state index is 8.81. The van der Waals surface area contributed by atoms with Crippen molar-refractivity contribution in [2.24, 2.45) is 0 Å². The molecular formula is C10H10BrO. The number of hydrogen-bond donors (Lipinski definition) is 1. The van der Waals surface area contributed by atoms with Gasteiger partial charge in [0, 0.05) is 4.47 Å². The molecule has 0 spiro atoms. The fourth-order valence-electron chi connectivity index (χ4n) is 1.35. The molecule has 1 N–H and O–H groups in total. The van der Waals surface area contributed by atoms with Gasteiger partial charge in [0.15, 0.2) is 0 Å². The van der Waals surface area contributed by atoms with Crippen LogP contribution < -0.4 is 0 Å². The van der Waals surface area contributed by atoms with Gasteiger partial charge in [-0.05, 0) is 36.0 Å². The van der Waals surface area contributed by atoms with E-state index >= 15 is 0 Å². The molecule has 0 amide bonds. The number of rotatable bonds is 2. The molecule has 0 atom stereocenters. The van der Waals surface area contributed by atoms with Gasteiger partial charge < -0.3 is 5.11 Å². The number of benzene rings is 1. The molecule has 2 rings (SSSR count). The van der Waals surface area contributed by atoms with Crippen molar-refractivity contribution >= 4 is 15.9 Å². The molecule has 63 valence electrons. The molecule has 0 aliphatic heterocycles. The van der Waals surface area contributed by atoms with E-state index in [4.69, 9.17) is 5.11 Å². The Labute approximate surface area is 80.5 Å². The lowest BCUT2D eigenvalue weighted by atomic mass is 10.1. The average Bonchev–Trinajstić information content (AvgIpc) is 2.88. The lowest BCUT2D eigenvalue weighted by Gasteiger charge is -2.03. The number of aliphatic hydroxyl groups excluding tert-OH is 1. The van der Waals surface area contributed by atoms with Crippen LogP contribution in [-0.4, -0.2) is 5.11 Å². The van der Waals surface area contributed by atoms with Crippen LogP contribution >= 0.6 is 15.9 Å². The van der Waals surface area contributed by atoms with E-state index in [0.717, 1.165) is 22.6 Å². The molecule has 1 aliphatic carbocycles. The van der Waals surface area contributed by atoms with E-state index in [9.17, 15) is 0 Å². The summed E-state index contributed by atoms with van der Waals surface area (Å²) in [5.41, 5.74) is 2.22. The molecule has 12 heavy (non-hydrogen) atoms. The highest BCUT2D eigenvalue weighted by Gasteiger charge is 2.25. The molecule has 2 heteroatoms. The van der Waals surface area contributed by atoms with Crippen LogP contribution in [0.3, 0.4) is 0 Å². The van der Waals surface area contributed by atoms with Crippen LogP contribution in [0, 0.1) is 6.61 Å². The standard InChI is InChI=1S/C10H10BrO/c11-10-4-1-7(6-12)5-9(10)8-2-3-8/h1,4-6,8,12H,2-3H2.